The van der Waals surface area contributed by atoms with Gasteiger partial charge in [0.2, 0.25) is 0 Å². The highest BCUT2D eigenvalue weighted by molar-refractivity contribution is 6.30. The zero-order valence-corrected chi connectivity index (χ0v) is 17.1. The molecule has 0 saturated carbocycles. The van der Waals surface area contributed by atoms with Crippen molar-refractivity contribution in [1.82, 2.24) is 5.43 Å². The molecule has 0 atom stereocenters. The van der Waals surface area contributed by atoms with Crippen LogP contribution in [0.5, 0.6) is 5.75 Å². The Bertz CT molecular complexity index is 967. The minimum absolute atomic E-state index is 0.282. The molecule has 1 N–H and O–H groups in total. The van der Waals surface area contributed by atoms with E-state index in [0.717, 1.165) is 16.8 Å². The third kappa shape index (κ3) is 6.09. The average molecular weight is 408 g/mol. The van der Waals surface area contributed by atoms with Crippen molar-refractivity contribution in [3.05, 3.63) is 94.5 Å². The molecule has 0 aliphatic rings. The quantitative estimate of drug-likeness (QED) is 0.454. The molecule has 0 saturated heterocycles. The van der Waals surface area contributed by atoms with Crippen LogP contribution < -0.4 is 15.1 Å². The SMILES string of the molecule is CN(C)c1ccc(/C=N\NC(=O)c2ccc(OCc3ccc(Cl)cc3)cc2)cc1. The molecule has 0 bridgehead atoms. The van der Waals surface area contributed by atoms with Crippen LogP contribution in [0.25, 0.3) is 0 Å². The van der Waals surface area contributed by atoms with E-state index in [0.29, 0.717) is 22.9 Å². The molecule has 29 heavy (non-hydrogen) atoms. The van der Waals surface area contributed by atoms with Crippen molar-refractivity contribution in [2.45, 2.75) is 6.61 Å². The van der Waals surface area contributed by atoms with E-state index in [4.69, 9.17) is 16.3 Å². The molecule has 0 heterocycles. The van der Waals surface area contributed by atoms with E-state index < -0.39 is 0 Å². The Morgan fingerprint density at radius 1 is 1.00 bits per heavy atom. The number of hydrogen-bond acceptors (Lipinski definition) is 4. The van der Waals surface area contributed by atoms with Gasteiger partial charge >= 0.3 is 0 Å². The molecule has 0 fully saturated rings. The monoisotopic (exact) mass is 407 g/mol. The van der Waals surface area contributed by atoms with Gasteiger partial charge in [-0.3, -0.25) is 4.79 Å². The molecule has 148 valence electrons. The Morgan fingerprint density at radius 2 is 1.66 bits per heavy atom. The van der Waals surface area contributed by atoms with E-state index in [9.17, 15) is 4.79 Å². The van der Waals surface area contributed by atoms with Crippen molar-refractivity contribution in [1.29, 1.82) is 0 Å². The normalized spacial score (nSPS) is 10.7. The van der Waals surface area contributed by atoms with Gasteiger partial charge in [0, 0.05) is 30.4 Å². The van der Waals surface area contributed by atoms with Crippen LogP contribution in [0.2, 0.25) is 5.02 Å². The zero-order valence-electron chi connectivity index (χ0n) is 16.3. The van der Waals surface area contributed by atoms with Crippen molar-refractivity contribution in [2.24, 2.45) is 5.10 Å². The van der Waals surface area contributed by atoms with Crippen LogP contribution in [-0.2, 0) is 6.61 Å². The molecule has 3 aromatic rings. The first-order valence-electron chi connectivity index (χ1n) is 9.09. The highest BCUT2D eigenvalue weighted by atomic mass is 35.5. The van der Waals surface area contributed by atoms with Crippen LogP contribution in [0.1, 0.15) is 21.5 Å². The first-order valence-corrected chi connectivity index (χ1v) is 9.47. The maximum atomic E-state index is 12.2. The summed E-state index contributed by atoms with van der Waals surface area (Å²) in [5, 5.41) is 4.71. The highest BCUT2D eigenvalue weighted by Gasteiger charge is 2.05. The van der Waals surface area contributed by atoms with Gasteiger partial charge in [0.1, 0.15) is 12.4 Å². The number of benzene rings is 3. The maximum Gasteiger partial charge on any atom is 0.271 e. The van der Waals surface area contributed by atoms with Crippen LogP contribution in [0.4, 0.5) is 5.69 Å². The van der Waals surface area contributed by atoms with Crippen molar-refractivity contribution in [3.63, 3.8) is 0 Å². The molecule has 0 radical (unpaired) electrons. The van der Waals surface area contributed by atoms with Crippen molar-refractivity contribution >= 4 is 29.4 Å². The minimum Gasteiger partial charge on any atom is -0.489 e. The summed E-state index contributed by atoms with van der Waals surface area (Å²) in [5.41, 5.74) is 6.06. The second-order valence-corrected chi connectivity index (χ2v) is 7.06. The molecular formula is C23H22ClN3O2. The number of hydrazone groups is 1. The molecule has 5 nitrogen and oxygen atoms in total. The Balaban J connectivity index is 1.51. The van der Waals surface area contributed by atoms with Gasteiger partial charge in [-0.05, 0) is 59.7 Å². The zero-order chi connectivity index (χ0) is 20.6. The van der Waals surface area contributed by atoms with Crippen LogP contribution in [0, 0.1) is 0 Å². The predicted molar refractivity (Wildman–Crippen MR) is 118 cm³/mol. The number of anilines is 1. The summed E-state index contributed by atoms with van der Waals surface area (Å²) in [6.45, 7) is 0.430. The summed E-state index contributed by atoms with van der Waals surface area (Å²) in [4.78, 5) is 14.2. The third-order valence-corrected chi connectivity index (χ3v) is 4.48. The first kappa shape index (κ1) is 20.4. The first-order chi connectivity index (χ1) is 14.0. The second-order valence-electron chi connectivity index (χ2n) is 6.62. The summed E-state index contributed by atoms with van der Waals surface area (Å²) >= 11 is 5.87. The number of hydrogen-bond donors (Lipinski definition) is 1. The molecular weight excluding hydrogens is 386 g/mol. The number of rotatable bonds is 7. The van der Waals surface area contributed by atoms with Gasteiger partial charge in [-0.15, -0.1) is 0 Å². The van der Waals surface area contributed by atoms with E-state index in [2.05, 4.69) is 10.5 Å². The summed E-state index contributed by atoms with van der Waals surface area (Å²) in [5.74, 6) is 0.399. The van der Waals surface area contributed by atoms with Crippen LogP contribution in [0.3, 0.4) is 0 Å². The number of nitrogens with one attached hydrogen (secondary N) is 1. The summed E-state index contributed by atoms with van der Waals surface area (Å²) in [6, 6.07) is 22.3. The smallest absolute Gasteiger partial charge is 0.271 e. The lowest BCUT2D eigenvalue weighted by atomic mass is 10.2. The largest absolute Gasteiger partial charge is 0.489 e. The fourth-order valence-electron chi connectivity index (χ4n) is 2.54. The van der Waals surface area contributed by atoms with E-state index in [1.165, 1.54) is 0 Å². The molecule has 0 aliphatic carbocycles. The minimum atomic E-state index is -0.282. The predicted octanol–water partition coefficient (Wildman–Crippen LogP) is 4.75. The fraction of sp³-hybridized carbons (Fsp3) is 0.130. The molecule has 3 aromatic carbocycles. The lowest BCUT2D eigenvalue weighted by Crippen LogP contribution is -2.17. The van der Waals surface area contributed by atoms with E-state index in [1.807, 2.05) is 67.5 Å². The van der Waals surface area contributed by atoms with E-state index >= 15 is 0 Å². The lowest BCUT2D eigenvalue weighted by Gasteiger charge is -2.11. The number of halogens is 1. The average Bonchev–Trinajstić information content (AvgIpc) is 2.74. The molecule has 0 spiro atoms. The van der Waals surface area contributed by atoms with Crippen molar-refractivity contribution < 1.29 is 9.53 Å². The number of ether oxygens (including phenoxy) is 1. The highest BCUT2D eigenvalue weighted by Crippen LogP contribution is 2.16. The fourth-order valence-corrected chi connectivity index (χ4v) is 2.66. The Labute approximate surface area is 175 Å². The Morgan fingerprint density at radius 3 is 2.28 bits per heavy atom. The molecule has 3 rings (SSSR count). The van der Waals surface area contributed by atoms with Crippen molar-refractivity contribution in [3.8, 4) is 5.75 Å². The topological polar surface area (TPSA) is 53.9 Å². The van der Waals surface area contributed by atoms with Gasteiger partial charge in [0.05, 0.1) is 6.21 Å². The number of nitrogens with zero attached hydrogens (tertiary/aromatic N) is 2. The van der Waals surface area contributed by atoms with Crippen LogP contribution in [0.15, 0.2) is 77.9 Å². The van der Waals surface area contributed by atoms with Gasteiger partial charge in [-0.1, -0.05) is 35.9 Å². The summed E-state index contributed by atoms with van der Waals surface area (Å²) in [7, 11) is 3.97. The van der Waals surface area contributed by atoms with Crippen LogP contribution in [-0.4, -0.2) is 26.2 Å². The van der Waals surface area contributed by atoms with Gasteiger partial charge < -0.3 is 9.64 Å². The summed E-state index contributed by atoms with van der Waals surface area (Å²) in [6.07, 6.45) is 1.61. The molecule has 0 aliphatic heterocycles. The van der Waals surface area contributed by atoms with Gasteiger partial charge in [0.15, 0.2) is 0 Å². The number of carbonyl (C=O) groups is 1. The second kappa shape index (κ2) is 9.75. The van der Waals surface area contributed by atoms with E-state index in [1.54, 1.807) is 30.5 Å². The number of carbonyl (C=O) groups excluding carboxylic acids is 1. The van der Waals surface area contributed by atoms with Gasteiger partial charge in [-0.2, -0.15) is 5.10 Å². The molecule has 0 aromatic heterocycles. The number of amides is 1. The third-order valence-electron chi connectivity index (χ3n) is 4.22. The van der Waals surface area contributed by atoms with E-state index in [-0.39, 0.29) is 5.91 Å². The standard InChI is InChI=1S/C23H22ClN3O2/c1-27(2)21-11-5-17(6-12-21)15-25-26-23(28)19-7-13-22(14-8-19)29-16-18-3-9-20(24)10-4-18/h3-15H,16H2,1-2H3,(H,26,28)/b25-15-. The Kier molecular flexibility index (Phi) is 6.87. The van der Waals surface area contributed by atoms with Gasteiger partial charge in [-0.25, -0.2) is 5.43 Å². The van der Waals surface area contributed by atoms with Crippen LogP contribution >= 0.6 is 11.6 Å². The molecule has 0 unspecified atom stereocenters. The molecule has 1 amide bonds. The lowest BCUT2D eigenvalue weighted by molar-refractivity contribution is 0.0955. The Hall–Kier alpha value is -3.31. The maximum absolute atomic E-state index is 12.2. The van der Waals surface area contributed by atoms with Crippen molar-refractivity contribution in [2.75, 3.05) is 19.0 Å². The molecule has 6 heteroatoms. The van der Waals surface area contributed by atoms with Gasteiger partial charge in [0.25, 0.3) is 5.91 Å². The summed E-state index contributed by atoms with van der Waals surface area (Å²) < 4.78 is 5.72.